The van der Waals surface area contributed by atoms with Gasteiger partial charge in [0.25, 0.3) is 0 Å². The molecule has 1 aromatic heterocycles. The number of hydrogen-bond acceptors (Lipinski definition) is 3. The fraction of sp³-hybridized carbons (Fsp3) is 0.733. The van der Waals surface area contributed by atoms with Gasteiger partial charge in [-0.1, -0.05) is 13.3 Å². The fourth-order valence-corrected chi connectivity index (χ4v) is 3.04. The number of H-pyrrole nitrogens is 1. The highest BCUT2D eigenvalue weighted by molar-refractivity contribution is 5.83. The Hall–Kier alpha value is -1.36. The van der Waals surface area contributed by atoms with Crippen LogP contribution in [0.2, 0.25) is 0 Å². The second kappa shape index (κ2) is 6.88. The molecule has 0 aliphatic carbocycles. The van der Waals surface area contributed by atoms with Crippen molar-refractivity contribution in [1.82, 2.24) is 20.8 Å². The van der Waals surface area contributed by atoms with Crippen LogP contribution >= 0.6 is 0 Å². The Bertz CT molecular complexity index is 435. The van der Waals surface area contributed by atoms with Gasteiger partial charge in [0.1, 0.15) is 0 Å². The molecule has 1 unspecified atom stereocenters. The number of aryl methyl sites for hydroxylation is 2. The van der Waals surface area contributed by atoms with E-state index in [2.05, 4.69) is 27.8 Å². The number of carbonyl (C=O) groups excluding carboxylic acids is 1. The standard InChI is InChI=1S/C15H26N4O/c1-3-6-15(7-9-16-11-15)14(20)17-8-4-5-13-10-18-19-12(13)2/h10,16H,3-9,11H2,1-2H3,(H,17,20)(H,18,19). The van der Waals surface area contributed by atoms with E-state index in [1.807, 2.05) is 13.1 Å². The Labute approximate surface area is 120 Å². The van der Waals surface area contributed by atoms with Gasteiger partial charge in [0.15, 0.2) is 0 Å². The van der Waals surface area contributed by atoms with Crippen LogP contribution in [0.25, 0.3) is 0 Å². The summed E-state index contributed by atoms with van der Waals surface area (Å²) in [5, 5.41) is 13.4. The second-order valence-electron chi connectivity index (χ2n) is 5.84. The molecule has 1 fully saturated rings. The molecular formula is C15H26N4O. The molecule has 5 heteroatoms. The molecule has 5 nitrogen and oxygen atoms in total. The maximum Gasteiger partial charge on any atom is 0.227 e. The van der Waals surface area contributed by atoms with Gasteiger partial charge in [0.05, 0.1) is 11.6 Å². The van der Waals surface area contributed by atoms with Crippen LogP contribution in [0, 0.1) is 12.3 Å². The van der Waals surface area contributed by atoms with Crippen molar-refractivity contribution in [3.8, 4) is 0 Å². The molecule has 1 aromatic rings. The summed E-state index contributed by atoms with van der Waals surface area (Å²) in [6.07, 6.45) is 6.80. The molecule has 0 bridgehead atoms. The van der Waals surface area contributed by atoms with Crippen LogP contribution < -0.4 is 10.6 Å². The molecule has 1 aliphatic rings. The average Bonchev–Trinajstić information content (AvgIpc) is 3.05. The minimum atomic E-state index is -0.166. The summed E-state index contributed by atoms with van der Waals surface area (Å²) < 4.78 is 0. The molecule has 0 radical (unpaired) electrons. The van der Waals surface area contributed by atoms with Crippen LogP contribution in [0.4, 0.5) is 0 Å². The van der Waals surface area contributed by atoms with Crippen molar-refractivity contribution in [1.29, 1.82) is 0 Å². The lowest BCUT2D eigenvalue weighted by atomic mass is 9.81. The van der Waals surface area contributed by atoms with Gasteiger partial charge >= 0.3 is 0 Å². The summed E-state index contributed by atoms with van der Waals surface area (Å²) in [6, 6.07) is 0. The molecule has 0 saturated carbocycles. The van der Waals surface area contributed by atoms with Gasteiger partial charge in [-0.25, -0.2) is 0 Å². The Morgan fingerprint density at radius 2 is 2.40 bits per heavy atom. The number of amides is 1. The third kappa shape index (κ3) is 3.39. The van der Waals surface area contributed by atoms with E-state index in [0.717, 1.165) is 57.4 Å². The van der Waals surface area contributed by atoms with Crippen LogP contribution in [-0.4, -0.2) is 35.7 Å². The molecule has 2 heterocycles. The van der Waals surface area contributed by atoms with Crippen molar-refractivity contribution in [2.75, 3.05) is 19.6 Å². The lowest BCUT2D eigenvalue weighted by molar-refractivity contribution is -0.130. The van der Waals surface area contributed by atoms with E-state index in [1.165, 1.54) is 5.56 Å². The highest BCUT2D eigenvalue weighted by Crippen LogP contribution is 2.31. The number of carbonyl (C=O) groups is 1. The van der Waals surface area contributed by atoms with E-state index in [4.69, 9.17) is 0 Å². The quantitative estimate of drug-likeness (QED) is 0.663. The highest BCUT2D eigenvalue weighted by atomic mass is 16.2. The van der Waals surface area contributed by atoms with E-state index >= 15 is 0 Å². The number of nitrogens with zero attached hydrogens (tertiary/aromatic N) is 1. The Morgan fingerprint density at radius 1 is 1.55 bits per heavy atom. The molecule has 1 saturated heterocycles. The van der Waals surface area contributed by atoms with E-state index < -0.39 is 0 Å². The third-order valence-electron chi connectivity index (χ3n) is 4.30. The molecule has 1 atom stereocenters. The largest absolute Gasteiger partial charge is 0.356 e. The van der Waals surface area contributed by atoms with Gasteiger partial charge in [-0.3, -0.25) is 9.89 Å². The minimum absolute atomic E-state index is 0.166. The smallest absolute Gasteiger partial charge is 0.227 e. The number of nitrogens with one attached hydrogen (secondary N) is 3. The summed E-state index contributed by atoms with van der Waals surface area (Å²) >= 11 is 0. The molecule has 3 N–H and O–H groups in total. The molecule has 1 amide bonds. The molecule has 20 heavy (non-hydrogen) atoms. The van der Waals surface area contributed by atoms with Gasteiger partial charge in [-0.15, -0.1) is 0 Å². The maximum atomic E-state index is 12.4. The Morgan fingerprint density at radius 3 is 3.00 bits per heavy atom. The number of aromatic amines is 1. The van der Waals surface area contributed by atoms with E-state index in [9.17, 15) is 4.79 Å². The normalized spacial score (nSPS) is 22.1. The van der Waals surface area contributed by atoms with Crippen molar-refractivity contribution in [2.24, 2.45) is 5.41 Å². The predicted molar refractivity (Wildman–Crippen MR) is 79.5 cm³/mol. The lowest BCUT2D eigenvalue weighted by Gasteiger charge is -2.26. The van der Waals surface area contributed by atoms with Gasteiger partial charge in [-0.2, -0.15) is 5.10 Å². The summed E-state index contributed by atoms with van der Waals surface area (Å²) in [7, 11) is 0. The average molecular weight is 278 g/mol. The van der Waals surface area contributed by atoms with Crippen LogP contribution in [0.1, 0.15) is 43.9 Å². The highest BCUT2D eigenvalue weighted by Gasteiger charge is 2.39. The van der Waals surface area contributed by atoms with E-state index in [0.29, 0.717) is 0 Å². The van der Waals surface area contributed by atoms with E-state index in [1.54, 1.807) is 0 Å². The monoisotopic (exact) mass is 278 g/mol. The fourth-order valence-electron chi connectivity index (χ4n) is 3.04. The van der Waals surface area contributed by atoms with Crippen LogP contribution in [0.5, 0.6) is 0 Å². The lowest BCUT2D eigenvalue weighted by Crippen LogP contribution is -2.42. The molecule has 112 valence electrons. The summed E-state index contributed by atoms with van der Waals surface area (Å²) in [6.45, 7) is 6.71. The predicted octanol–water partition coefficient (Wildman–Crippen LogP) is 1.55. The second-order valence-corrected chi connectivity index (χ2v) is 5.84. The first-order chi connectivity index (χ1) is 9.68. The number of rotatable bonds is 7. The van der Waals surface area contributed by atoms with E-state index in [-0.39, 0.29) is 11.3 Å². The van der Waals surface area contributed by atoms with Gasteiger partial charge in [-0.05, 0) is 44.7 Å². The Balaban J connectivity index is 1.75. The molecule has 2 rings (SSSR count). The topological polar surface area (TPSA) is 69.8 Å². The van der Waals surface area contributed by atoms with Crippen molar-refractivity contribution >= 4 is 5.91 Å². The molecule has 0 aromatic carbocycles. The first-order valence-electron chi connectivity index (χ1n) is 7.66. The molecule has 1 aliphatic heterocycles. The molecule has 0 spiro atoms. The zero-order valence-corrected chi connectivity index (χ0v) is 12.6. The minimum Gasteiger partial charge on any atom is -0.356 e. The number of aromatic nitrogens is 2. The van der Waals surface area contributed by atoms with Gasteiger partial charge in [0.2, 0.25) is 5.91 Å². The van der Waals surface area contributed by atoms with Gasteiger partial charge < -0.3 is 10.6 Å². The molecular weight excluding hydrogens is 252 g/mol. The van der Waals surface area contributed by atoms with Crippen molar-refractivity contribution in [3.63, 3.8) is 0 Å². The summed E-state index contributed by atoms with van der Waals surface area (Å²) in [4.78, 5) is 12.4. The zero-order chi connectivity index (χ0) is 14.4. The van der Waals surface area contributed by atoms with Crippen molar-refractivity contribution in [3.05, 3.63) is 17.5 Å². The third-order valence-corrected chi connectivity index (χ3v) is 4.30. The SMILES string of the molecule is CCCC1(C(=O)NCCCc2cn[nH]c2C)CCNC1. The number of hydrogen-bond donors (Lipinski definition) is 3. The zero-order valence-electron chi connectivity index (χ0n) is 12.6. The first-order valence-corrected chi connectivity index (χ1v) is 7.66. The summed E-state index contributed by atoms with van der Waals surface area (Å²) in [5.41, 5.74) is 2.20. The maximum absolute atomic E-state index is 12.4. The van der Waals surface area contributed by atoms with Crippen molar-refractivity contribution in [2.45, 2.75) is 46.0 Å². The van der Waals surface area contributed by atoms with Crippen molar-refractivity contribution < 1.29 is 4.79 Å². The van der Waals surface area contributed by atoms with Crippen LogP contribution in [0.3, 0.4) is 0 Å². The Kier molecular flexibility index (Phi) is 5.17. The van der Waals surface area contributed by atoms with Crippen LogP contribution in [-0.2, 0) is 11.2 Å². The summed E-state index contributed by atoms with van der Waals surface area (Å²) in [5.74, 6) is 0.230. The first kappa shape index (κ1) is 15.0. The van der Waals surface area contributed by atoms with Crippen LogP contribution in [0.15, 0.2) is 6.20 Å². The van der Waals surface area contributed by atoms with Gasteiger partial charge in [0, 0.05) is 18.8 Å².